The van der Waals surface area contributed by atoms with E-state index >= 15 is 0 Å². The van der Waals surface area contributed by atoms with Crippen LogP contribution in [0.5, 0.6) is 0 Å². The largest absolute Gasteiger partial charge is 0.393 e. The van der Waals surface area contributed by atoms with Crippen molar-refractivity contribution in [2.45, 2.75) is 130 Å². The molecule has 0 radical (unpaired) electrons. The summed E-state index contributed by atoms with van der Waals surface area (Å²) in [4.78, 5) is 0. The van der Waals surface area contributed by atoms with Gasteiger partial charge in [-0.05, 0) is 125 Å². The molecule has 0 spiro atoms. The van der Waals surface area contributed by atoms with Crippen LogP contribution >= 0.6 is 0 Å². The van der Waals surface area contributed by atoms with Gasteiger partial charge in [-0.25, -0.2) is 0 Å². The van der Waals surface area contributed by atoms with Crippen LogP contribution in [0.2, 0.25) is 0 Å². The van der Waals surface area contributed by atoms with E-state index in [1.54, 1.807) is 0 Å². The van der Waals surface area contributed by atoms with Crippen LogP contribution in [0.4, 0.5) is 0 Å². The molecular weight excluding hydrogens is 396 g/mol. The van der Waals surface area contributed by atoms with E-state index in [0.29, 0.717) is 16.7 Å². The van der Waals surface area contributed by atoms with Crippen LogP contribution in [0.25, 0.3) is 0 Å². The van der Waals surface area contributed by atoms with Crippen molar-refractivity contribution >= 4 is 0 Å². The fraction of sp³-hybridized carbons (Fsp3) is 1.00. The Balaban J connectivity index is 1.48. The van der Waals surface area contributed by atoms with Crippen molar-refractivity contribution in [1.82, 2.24) is 0 Å². The standard InChI is InChI=1S/C29H52O3/c1-18(8-7-15-27(3,4)32)21-11-12-22-20-9-10-24-26(19(2)30)25(31)14-17-29(24,6)23(20)13-16-28(21,22)5/h18-26,30-32H,7-17H2,1-6H3/t18-,19?,20+,21-,22+,23+,24+,25+,26?,28-,29-/m1/s1. The second kappa shape index (κ2) is 8.83. The quantitative estimate of drug-likeness (QED) is 0.454. The van der Waals surface area contributed by atoms with E-state index in [1.807, 2.05) is 20.8 Å². The van der Waals surface area contributed by atoms with Crippen LogP contribution < -0.4 is 0 Å². The number of aliphatic hydroxyl groups is 3. The minimum absolute atomic E-state index is 0.0649. The first kappa shape index (κ1) is 25.0. The molecule has 4 rings (SSSR count). The van der Waals surface area contributed by atoms with Crippen LogP contribution in [-0.4, -0.2) is 33.1 Å². The topological polar surface area (TPSA) is 60.7 Å². The predicted octanol–water partition coefficient (Wildman–Crippen LogP) is 6.19. The molecule has 4 fully saturated rings. The lowest BCUT2D eigenvalue weighted by Crippen LogP contribution is -2.58. The Kier molecular flexibility index (Phi) is 6.89. The van der Waals surface area contributed by atoms with Crippen molar-refractivity contribution in [1.29, 1.82) is 0 Å². The number of rotatable bonds is 6. The minimum Gasteiger partial charge on any atom is -0.393 e. The van der Waals surface area contributed by atoms with Crippen LogP contribution in [0.3, 0.4) is 0 Å². The van der Waals surface area contributed by atoms with Gasteiger partial charge in [0.1, 0.15) is 0 Å². The third-order valence-electron chi connectivity index (χ3n) is 11.6. The van der Waals surface area contributed by atoms with E-state index in [0.717, 1.165) is 55.3 Å². The highest BCUT2D eigenvalue weighted by molar-refractivity contribution is 5.11. The van der Waals surface area contributed by atoms with Gasteiger partial charge in [0.2, 0.25) is 0 Å². The Morgan fingerprint density at radius 2 is 1.50 bits per heavy atom. The molecule has 4 saturated carbocycles. The zero-order chi connectivity index (χ0) is 23.5. The molecule has 3 N–H and O–H groups in total. The third-order valence-corrected chi connectivity index (χ3v) is 11.6. The molecule has 32 heavy (non-hydrogen) atoms. The molecule has 4 aliphatic rings. The van der Waals surface area contributed by atoms with Gasteiger partial charge in [0.15, 0.2) is 0 Å². The lowest BCUT2D eigenvalue weighted by atomic mass is 9.42. The van der Waals surface area contributed by atoms with Gasteiger partial charge in [0.25, 0.3) is 0 Å². The predicted molar refractivity (Wildman–Crippen MR) is 131 cm³/mol. The monoisotopic (exact) mass is 448 g/mol. The third kappa shape index (κ3) is 4.22. The van der Waals surface area contributed by atoms with Gasteiger partial charge in [0, 0.05) is 5.92 Å². The second-order valence-corrected chi connectivity index (χ2v) is 13.9. The summed E-state index contributed by atoms with van der Waals surface area (Å²) in [6, 6.07) is 0. The summed E-state index contributed by atoms with van der Waals surface area (Å²) in [5.41, 5.74) is 0.239. The lowest BCUT2D eigenvalue weighted by molar-refractivity contribution is -0.170. The van der Waals surface area contributed by atoms with Crippen molar-refractivity contribution in [3.63, 3.8) is 0 Å². The SMILES string of the molecule is CC(O)C1[C@@H](O)CC[C@@]2(C)[C@H]1CC[C@@H]1[C@@H]2CC[C@]2(C)[C@@H]([C@H](C)CCCC(C)(C)O)CC[C@@H]12. The fourth-order valence-electron chi connectivity index (χ4n) is 10.1. The Morgan fingerprint density at radius 3 is 2.16 bits per heavy atom. The first-order valence-corrected chi connectivity index (χ1v) is 14.0. The molecular formula is C29H52O3. The van der Waals surface area contributed by atoms with Crippen LogP contribution in [0.15, 0.2) is 0 Å². The van der Waals surface area contributed by atoms with E-state index in [2.05, 4.69) is 20.8 Å². The fourth-order valence-corrected chi connectivity index (χ4v) is 10.1. The van der Waals surface area contributed by atoms with Crippen molar-refractivity contribution in [2.75, 3.05) is 0 Å². The van der Waals surface area contributed by atoms with Gasteiger partial charge in [-0.2, -0.15) is 0 Å². The summed E-state index contributed by atoms with van der Waals surface area (Å²) in [6.07, 6.45) is 12.6. The van der Waals surface area contributed by atoms with Crippen molar-refractivity contribution < 1.29 is 15.3 Å². The number of hydrogen-bond acceptors (Lipinski definition) is 3. The zero-order valence-electron chi connectivity index (χ0n) is 21.8. The van der Waals surface area contributed by atoms with Crippen molar-refractivity contribution in [3.8, 4) is 0 Å². The van der Waals surface area contributed by atoms with Gasteiger partial charge in [-0.1, -0.05) is 33.6 Å². The Bertz CT molecular complexity index is 653. The van der Waals surface area contributed by atoms with Crippen LogP contribution in [-0.2, 0) is 0 Å². The van der Waals surface area contributed by atoms with Crippen molar-refractivity contribution in [2.24, 2.45) is 52.3 Å². The molecule has 0 aliphatic heterocycles. The number of hydrogen-bond donors (Lipinski definition) is 3. The minimum atomic E-state index is -0.536. The molecule has 0 saturated heterocycles. The average Bonchev–Trinajstić information content (AvgIpc) is 3.04. The Hall–Kier alpha value is -0.120. The molecule has 3 heteroatoms. The molecule has 0 amide bonds. The highest BCUT2D eigenvalue weighted by Gasteiger charge is 2.62. The molecule has 0 aromatic carbocycles. The average molecular weight is 449 g/mol. The maximum Gasteiger partial charge on any atom is 0.0596 e. The molecule has 11 atom stereocenters. The first-order chi connectivity index (χ1) is 14.9. The Labute approximate surface area is 197 Å². The number of aliphatic hydroxyl groups excluding tert-OH is 2. The first-order valence-electron chi connectivity index (χ1n) is 14.0. The summed E-state index contributed by atoms with van der Waals surface area (Å²) in [5, 5.41) is 31.4. The van der Waals surface area contributed by atoms with Crippen LogP contribution in [0, 0.1) is 52.3 Å². The summed E-state index contributed by atoms with van der Waals surface area (Å²) in [7, 11) is 0. The summed E-state index contributed by atoms with van der Waals surface area (Å²) in [6.45, 7) is 13.4. The molecule has 0 aromatic heterocycles. The maximum absolute atomic E-state index is 10.7. The molecule has 0 aromatic rings. The normalized spacial score (nSPS) is 48.5. The molecule has 3 nitrogen and oxygen atoms in total. The van der Waals surface area contributed by atoms with E-state index in [1.165, 1.54) is 44.9 Å². The summed E-state index contributed by atoms with van der Waals surface area (Å²) in [5.74, 6) is 4.60. The smallest absolute Gasteiger partial charge is 0.0596 e. The molecule has 186 valence electrons. The van der Waals surface area contributed by atoms with Crippen LogP contribution in [0.1, 0.15) is 112 Å². The van der Waals surface area contributed by atoms with E-state index in [4.69, 9.17) is 0 Å². The summed E-state index contributed by atoms with van der Waals surface area (Å²) >= 11 is 0. The van der Waals surface area contributed by atoms with Crippen molar-refractivity contribution in [3.05, 3.63) is 0 Å². The zero-order valence-corrected chi connectivity index (χ0v) is 21.8. The van der Waals surface area contributed by atoms with Gasteiger partial charge >= 0.3 is 0 Å². The van der Waals surface area contributed by atoms with E-state index in [9.17, 15) is 15.3 Å². The van der Waals surface area contributed by atoms with Gasteiger partial charge in [-0.3, -0.25) is 0 Å². The highest BCUT2D eigenvalue weighted by atomic mass is 16.3. The van der Waals surface area contributed by atoms with Gasteiger partial charge in [0.05, 0.1) is 17.8 Å². The molecule has 0 bridgehead atoms. The summed E-state index contributed by atoms with van der Waals surface area (Å²) < 4.78 is 0. The molecule has 2 unspecified atom stereocenters. The van der Waals surface area contributed by atoms with E-state index < -0.39 is 11.7 Å². The second-order valence-electron chi connectivity index (χ2n) is 13.9. The molecule has 4 aliphatic carbocycles. The van der Waals surface area contributed by atoms with E-state index in [-0.39, 0.29) is 12.0 Å². The molecule has 0 heterocycles. The highest BCUT2D eigenvalue weighted by Crippen LogP contribution is 2.69. The Morgan fingerprint density at radius 1 is 0.875 bits per heavy atom. The van der Waals surface area contributed by atoms with Gasteiger partial charge < -0.3 is 15.3 Å². The lowest BCUT2D eigenvalue weighted by Gasteiger charge is -2.63. The number of fused-ring (bicyclic) bond motifs is 5. The maximum atomic E-state index is 10.7. The van der Waals surface area contributed by atoms with Gasteiger partial charge in [-0.15, -0.1) is 0 Å².